The van der Waals surface area contributed by atoms with E-state index >= 15 is 4.39 Å². The first-order chi connectivity index (χ1) is 21.5. The largest absolute Gasteiger partial charge is 0.485 e. The smallest absolute Gasteiger partial charge is 0.338 e. The molecule has 2 saturated heterocycles. The Morgan fingerprint density at radius 2 is 1.93 bits per heavy atom. The van der Waals surface area contributed by atoms with Gasteiger partial charge in [-0.15, -0.1) is 0 Å². The zero-order chi connectivity index (χ0) is 30.2. The van der Waals surface area contributed by atoms with Crippen molar-refractivity contribution in [1.29, 1.82) is 5.26 Å². The number of aromatic nitrogens is 2. The van der Waals surface area contributed by atoms with Crippen LogP contribution in [0.25, 0.3) is 11.0 Å². The van der Waals surface area contributed by atoms with Gasteiger partial charge in [0.15, 0.2) is 23.4 Å². The molecule has 0 bridgehead atoms. The number of ether oxygens (including phenoxy) is 4. The standard InChI is InChI=1S/C34H33FN4O5/c1-41-34(40)24-15-27(35)32-28(16-24)39(18-25-11-14-42-25)31(37-32)19-38-12-9-22(10-13-38)26-3-2-4-29-33(26)43-20-30(44-29)23-7-5-21(17-36)6-8-23/h2-8,15-16,22,25,30H,9-14,18-20H2,1H3/t25-,30-/m0/s1. The molecular weight excluding hydrogens is 563 g/mol. The molecule has 1 aromatic heterocycles. The number of piperidine rings is 1. The summed E-state index contributed by atoms with van der Waals surface area (Å²) in [5, 5.41) is 9.10. The molecule has 0 aliphatic carbocycles. The minimum Gasteiger partial charge on any atom is -0.485 e. The average Bonchev–Trinajstić information content (AvgIpc) is 3.39. The van der Waals surface area contributed by atoms with Crippen LogP contribution >= 0.6 is 0 Å². The number of fused-ring (bicyclic) bond motifs is 2. The summed E-state index contributed by atoms with van der Waals surface area (Å²) >= 11 is 0. The van der Waals surface area contributed by atoms with Gasteiger partial charge in [-0.1, -0.05) is 24.3 Å². The fourth-order valence-corrected chi connectivity index (χ4v) is 6.41. The number of likely N-dealkylation sites (tertiary alicyclic amines) is 1. The maximum Gasteiger partial charge on any atom is 0.338 e. The third-order valence-electron chi connectivity index (χ3n) is 8.95. The molecule has 4 heterocycles. The lowest BCUT2D eigenvalue weighted by molar-refractivity contribution is -0.0592. The predicted molar refractivity (Wildman–Crippen MR) is 159 cm³/mol. The van der Waals surface area contributed by atoms with Gasteiger partial charge in [-0.05, 0) is 74.2 Å². The first-order valence-corrected chi connectivity index (χ1v) is 15.0. The van der Waals surface area contributed by atoms with Gasteiger partial charge in [0.2, 0.25) is 0 Å². The minimum absolute atomic E-state index is 0.0460. The number of methoxy groups -OCH3 is 1. The highest BCUT2D eigenvalue weighted by molar-refractivity contribution is 5.94. The Kier molecular flexibility index (Phi) is 7.66. The summed E-state index contributed by atoms with van der Waals surface area (Å²) in [7, 11) is 1.29. The quantitative estimate of drug-likeness (QED) is 0.258. The van der Waals surface area contributed by atoms with Crippen molar-refractivity contribution < 1.29 is 28.1 Å². The lowest BCUT2D eigenvalue weighted by Gasteiger charge is -2.35. The number of nitriles is 1. The number of para-hydroxylation sites is 1. The van der Waals surface area contributed by atoms with Crippen LogP contribution in [-0.2, 0) is 22.6 Å². The Balaban J connectivity index is 1.06. The predicted octanol–water partition coefficient (Wildman–Crippen LogP) is 5.51. The van der Waals surface area contributed by atoms with Gasteiger partial charge in [-0.3, -0.25) is 4.90 Å². The highest BCUT2D eigenvalue weighted by atomic mass is 19.1. The summed E-state index contributed by atoms with van der Waals surface area (Å²) in [5.41, 5.74) is 3.76. The van der Waals surface area contributed by atoms with Crippen LogP contribution < -0.4 is 9.47 Å². The zero-order valence-corrected chi connectivity index (χ0v) is 24.5. The number of rotatable bonds is 7. The molecule has 10 heteroatoms. The summed E-state index contributed by atoms with van der Waals surface area (Å²) in [6.45, 7) is 3.95. The minimum atomic E-state index is -0.579. The number of imidazole rings is 1. The number of carbonyl (C=O) groups excluding carboxylic acids is 1. The Morgan fingerprint density at radius 3 is 2.64 bits per heavy atom. The third-order valence-corrected chi connectivity index (χ3v) is 8.95. The van der Waals surface area contributed by atoms with Crippen molar-refractivity contribution in [3.63, 3.8) is 0 Å². The normalized spacial score (nSPS) is 20.2. The van der Waals surface area contributed by atoms with E-state index in [4.69, 9.17) is 29.2 Å². The Labute approximate surface area is 254 Å². The van der Waals surface area contributed by atoms with Crippen LogP contribution in [-0.4, -0.2) is 59.9 Å². The third kappa shape index (κ3) is 5.38. The number of esters is 1. The van der Waals surface area contributed by atoms with Gasteiger partial charge >= 0.3 is 5.97 Å². The fourth-order valence-electron chi connectivity index (χ4n) is 6.41. The molecule has 3 aromatic carbocycles. The molecule has 2 atom stereocenters. The van der Waals surface area contributed by atoms with Crippen LogP contribution in [0.2, 0.25) is 0 Å². The van der Waals surface area contributed by atoms with Crippen molar-refractivity contribution in [2.24, 2.45) is 0 Å². The number of hydrogen-bond acceptors (Lipinski definition) is 8. The van der Waals surface area contributed by atoms with Crippen molar-refractivity contribution in [3.8, 4) is 17.6 Å². The fraction of sp³-hybridized carbons (Fsp3) is 0.382. The maximum absolute atomic E-state index is 15.1. The monoisotopic (exact) mass is 596 g/mol. The lowest BCUT2D eigenvalue weighted by atomic mass is 9.88. The van der Waals surface area contributed by atoms with Crippen LogP contribution in [0.4, 0.5) is 4.39 Å². The number of benzene rings is 3. The molecule has 0 saturated carbocycles. The van der Waals surface area contributed by atoms with Gasteiger partial charge < -0.3 is 23.5 Å². The second-order valence-electron chi connectivity index (χ2n) is 11.6. The van der Waals surface area contributed by atoms with E-state index in [1.54, 1.807) is 18.2 Å². The molecule has 4 aromatic rings. The van der Waals surface area contributed by atoms with Gasteiger partial charge in [0.1, 0.15) is 17.9 Å². The number of nitrogens with zero attached hydrogens (tertiary/aromatic N) is 4. The summed E-state index contributed by atoms with van der Waals surface area (Å²) in [5.74, 6) is 1.52. The van der Waals surface area contributed by atoms with Gasteiger partial charge in [-0.2, -0.15) is 5.26 Å². The van der Waals surface area contributed by atoms with E-state index in [1.165, 1.54) is 13.2 Å². The summed E-state index contributed by atoms with van der Waals surface area (Å²) < 4.78 is 40.3. The summed E-state index contributed by atoms with van der Waals surface area (Å²) in [6, 6.07) is 18.5. The highest BCUT2D eigenvalue weighted by Crippen LogP contribution is 2.44. The molecular formula is C34H33FN4O5. The molecule has 0 radical (unpaired) electrons. The van der Waals surface area contributed by atoms with E-state index in [-0.39, 0.29) is 23.3 Å². The molecule has 3 aliphatic rings. The van der Waals surface area contributed by atoms with Crippen molar-refractivity contribution in [2.45, 2.75) is 50.5 Å². The van der Waals surface area contributed by atoms with Gasteiger partial charge in [-0.25, -0.2) is 14.2 Å². The van der Waals surface area contributed by atoms with Crippen molar-refractivity contribution in [1.82, 2.24) is 14.5 Å². The molecule has 2 fully saturated rings. The van der Waals surface area contributed by atoms with Crippen LogP contribution in [0.3, 0.4) is 0 Å². The number of halogens is 1. The average molecular weight is 597 g/mol. The van der Waals surface area contributed by atoms with E-state index < -0.39 is 11.8 Å². The number of carbonyl (C=O) groups is 1. The van der Waals surface area contributed by atoms with Crippen molar-refractivity contribution in [2.75, 3.05) is 33.4 Å². The molecule has 0 amide bonds. The van der Waals surface area contributed by atoms with E-state index in [2.05, 4.69) is 17.0 Å². The SMILES string of the molecule is COC(=O)c1cc(F)c2nc(CN3CCC(c4cccc5c4OC[C@@H](c4ccc(C#N)cc4)O5)CC3)n(C[C@@H]3CCO3)c2c1. The Hall–Kier alpha value is -4.46. The topological polar surface area (TPSA) is 98.8 Å². The summed E-state index contributed by atoms with van der Waals surface area (Å²) in [6.07, 6.45) is 2.62. The first kappa shape index (κ1) is 28.3. The van der Waals surface area contributed by atoms with Gasteiger partial charge in [0.25, 0.3) is 0 Å². The van der Waals surface area contributed by atoms with Crippen LogP contribution in [0.1, 0.15) is 64.2 Å². The molecule has 7 rings (SSSR count). The molecule has 0 unspecified atom stereocenters. The second kappa shape index (κ2) is 11.9. The maximum atomic E-state index is 15.1. The molecule has 0 N–H and O–H groups in total. The molecule has 44 heavy (non-hydrogen) atoms. The van der Waals surface area contributed by atoms with Crippen LogP contribution in [0, 0.1) is 17.1 Å². The second-order valence-corrected chi connectivity index (χ2v) is 11.6. The highest BCUT2D eigenvalue weighted by Gasteiger charge is 2.31. The Bertz CT molecular complexity index is 1740. The van der Waals surface area contributed by atoms with Crippen LogP contribution in [0.5, 0.6) is 11.5 Å². The molecule has 3 aliphatic heterocycles. The van der Waals surface area contributed by atoms with Gasteiger partial charge in [0, 0.05) is 12.2 Å². The van der Waals surface area contributed by atoms with Gasteiger partial charge in [0.05, 0.1) is 49.0 Å². The van der Waals surface area contributed by atoms with Crippen molar-refractivity contribution in [3.05, 3.63) is 88.5 Å². The zero-order valence-electron chi connectivity index (χ0n) is 24.5. The first-order valence-electron chi connectivity index (χ1n) is 15.0. The summed E-state index contributed by atoms with van der Waals surface area (Å²) in [4.78, 5) is 19.3. The molecule has 226 valence electrons. The number of hydrogen-bond donors (Lipinski definition) is 0. The van der Waals surface area contributed by atoms with E-state index in [1.807, 2.05) is 28.8 Å². The van der Waals surface area contributed by atoms with E-state index in [9.17, 15) is 4.79 Å². The lowest BCUT2D eigenvalue weighted by Crippen LogP contribution is -2.35. The van der Waals surface area contributed by atoms with E-state index in [0.29, 0.717) is 36.7 Å². The molecule has 0 spiro atoms. The Morgan fingerprint density at radius 1 is 1.14 bits per heavy atom. The van der Waals surface area contributed by atoms with E-state index in [0.717, 1.165) is 67.4 Å². The molecule has 9 nitrogen and oxygen atoms in total. The van der Waals surface area contributed by atoms with Crippen molar-refractivity contribution >= 4 is 17.0 Å². The van der Waals surface area contributed by atoms with Crippen LogP contribution in [0.15, 0.2) is 54.6 Å².